The number of carbonyl (C=O) groups is 1. The molecule has 4 N–H and O–H groups in total. The van der Waals surface area contributed by atoms with Crippen molar-refractivity contribution < 1.29 is 18.4 Å². The van der Waals surface area contributed by atoms with Crippen LogP contribution in [0.4, 0.5) is 0 Å². The number of fused-ring (bicyclic) bond motifs is 2. The maximum absolute atomic E-state index is 12.4. The number of amides is 1. The number of H-pyrrole nitrogens is 1. The van der Waals surface area contributed by atoms with Gasteiger partial charge in [-0.1, -0.05) is 48.5 Å². The average Bonchev–Trinajstić information content (AvgIpc) is 3.58. The molecule has 9 heteroatoms. The largest absolute Gasteiger partial charge is 0.361 e. The molecule has 0 fully saturated rings. The van der Waals surface area contributed by atoms with Crippen molar-refractivity contribution in [3.8, 4) is 0 Å². The topological polar surface area (TPSA) is 115 Å². The molecular weight excluding hydrogens is 512 g/mol. The lowest BCUT2D eigenvalue weighted by Gasteiger charge is -2.30. The van der Waals surface area contributed by atoms with Gasteiger partial charge in [0, 0.05) is 42.3 Å². The average molecular weight is 545 g/mol. The van der Waals surface area contributed by atoms with Crippen molar-refractivity contribution >= 4 is 32.9 Å². The van der Waals surface area contributed by atoms with E-state index in [0.717, 1.165) is 42.5 Å². The minimum absolute atomic E-state index is 0.175. The number of rotatable bonds is 10. The molecule has 1 amide bonds. The first-order valence-corrected chi connectivity index (χ1v) is 14.4. The lowest BCUT2D eigenvalue weighted by Crippen LogP contribution is -2.29. The summed E-state index contributed by atoms with van der Waals surface area (Å²) in [4.78, 5) is 17.5. The van der Waals surface area contributed by atoms with Gasteiger partial charge in [-0.05, 0) is 78.4 Å². The van der Waals surface area contributed by atoms with Crippen LogP contribution in [-0.4, -0.2) is 43.0 Å². The minimum Gasteiger partial charge on any atom is -0.361 e. The van der Waals surface area contributed by atoms with Gasteiger partial charge < -0.3 is 4.98 Å². The Morgan fingerprint density at radius 2 is 1.97 bits per heavy atom. The molecular formula is C30H32N4O4S. The van der Waals surface area contributed by atoms with Crippen LogP contribution in [0.25, 0.3) is 17.0 Å². The highest BCUT2D eigenvalue weighted by Crippen LogP contribution is 2.37. The number of sulfonamides is 1. The Labute approximate surface area is 228 Å². The van der Waals surface area contributed by atoms with Crippen molar-refractivity contribution in [2.45, 2.75) is 36.7 Å². The van der Waals surface area contributed by atoms with Crippen molar-refractivity contribution in [3.63, 3.8) is 0 Å². The van der Waals surface area contributed by atoms with Crippen LogP contribution in [0.3, 0.4) is 0 Å². The fourth-order valence-corrected chi connectivity index (χ4v) is 6.22. The van der Waals surface area contributed by atoms with Gasteiger partial charge in [-0.25, -0.2) is 18.6 Å². The maximum atomic E-state index is 12.4. The molecule has 1 atom stereocenters. The first-order valence-electron chi connectivity index (χ1n) is 12.9. The molecule has 4 aromatic rings. The lowest BCUT2D eigenvalue weighted by atomic mass is 10.0. The number of hydrogen-bond acceptors (Lipinski definition) is 5. The smallest absolute Gasteiger partial charge is 0.267 e. The van der Waals surface area contributed by atoms with Gasteiger partial charge in [0.2, 0.25) is 10.0 Å². The van der Waals surface area contributed by atoms with Gasteiger partial charge in [0.15, 0.2) is 0 Å². The molecule has 8 nitrogen and oxygen atoms in total. The van der Waals surface area contributed by atoms with E-state index in [1.54, 1.807) is 29.8 Å². The summed E-state index contributed by atoms with van der Waals surface area (Å²) in [7, 11) is -2.12. The van der Waals surface area contributed by atoms with Crippen molar-refractivity contribution in [2.24, 2.45) is 0 Å². The van der Waals surface area contributed by atoms with Crippen molar-refractivity contribution in [2.75, 3.05) is 13.6 Å². The summed E-state index contributed by atoms with van der Waals surface area (Å²) in [6.45, 7) is 1.41. The summed E-state index contributed by atoms with van der Waals surface area (Å²) in [6, 6.07) is 21.8. The summed E-state index contributed by atoms with van der Waals surface area (Å²) in [5.74, 6) is -0.570. The molecule has 39 heavy (non-hydrogen) atoms. The van der Waals surface area contributed by atoms with E-state index in [-0.39, 0.29) is 10.9 Å². The number of hydrogen-bond donors (Lipinski definition) is 4. The van der Waals surface area contributed by atoms with E-state index in [1.807, 2.05) is 18.2 Å². The molecule has 0 bridgehead atoms. The first kappa shape index (κ1) is 26.8. The second-order valence-electron chi connectivity index (χ2n) is 9.76. The van der Waals surface area contributed by atoms with E-state index >= 15 is 0 Å². The first-order chi connectivity index (χ1) is 18.9. The number of aromatic amines is 1. The van der Waals surface area contributed by atoms with Gasteiger partial charge in [-0.2, -0.15) is 0 Å². The third kappa shape index (κ3) is 5.97. The monoisotopic (exact) mass is 544 g/mol. The third-order valence-corrected chi connectivity index (χ3v) is 8.81. The van der Waals surface area contributed by atoms with Crippen LogP contribution in [-0.2, 0) is 34.2 Å². The Hall–Kier alpha value is -3.76. The normalized spacial score (nSPS) is 15.3. The van der Waals surface area contributed by atoms with E-state index < -0.39 is 15.9 Å². The molecule has 0 radical (unpaired) electrons. The zero-order valence-electron chi connectivity index (χ0n) is 21.7. The number of para-hydroxylation sites is 1. The van der Waals surface area contributed by atoms with Crippen molar-refractivity contribution in [3.05, 3.63) is 107 Å². The van der Waals surface area contributed by atoms with E-state index in [1.165, 1.54) is 35.2 Å². The number of nitrogens with one attached hydrogen (secondary N) is 3. The van der Waals surface area contributed by atoms with Crippen LogP contribution in [0, 0.1) is 0 Å². The van der Waals surface area contributed by atoms with Crippen LogP contribution in [0.1, 0.15) is 40.3 Å². The molecule has 0 spiro atoms. The molecule has 1 aliphatic carbocycles. The van der Waals surface area contributed by atoms with Crippen LogP contribution in [0.5, 0.6) is 0 Å². The van der Waals surface area contributed by atoms with Crippen molar-refractivity contribution in [1.82, 2.24) is 20.1 Å². The summed E-state index contributed by atoms with van der Waals surface area (Å²) in [5.41, 5.74) is 8.29. The summed E-state index contributed by atoms with van der Waals surface area (Å²) in [5, 5.41) is 9.96. The Morgan fingerprint density at radius 3 is 2.79 bits per heavy atom. The second kappa shape index (κ2) is 11.5. The fraction of sp³-hybridized carbons (Fsp3) is 0.233. The summed E-state index contributed by atoms with van der Waals surface area (Å²) in [6.07, 6.45) is 7.76. The molecule has 1 unspecified atom stereocenters. The fourth-order valence-electron chi connectivity index (χ4n) is 5.42. The zero-order chi connectivity index (χ0) is 27.4. The van der Waals surface area contributed by atoms with E-state index in [2.05, 4.69) is 51.1 Å². The van der Waals surface area contributed by atoms with E-state index in [0.29, 0.717) is 6.54 Å². The standard InChI is InChI=1S/C30H32N4O4S/c1-31-39(37,38)25-6-4-5-22(18-25)20-34(16-15-24-19-32-28-8-3-2-7-26(24)28)29-13-11-23-17-21(9-12-27(23)29)10-14-30(35)33-36/h2-10,12,14,17-19,29,31-32,36H,11,13,15-16,20H2,1H3,(H,33,35). The number of hydroxylamine groups is 1. The second-order valence-corrected chi connectivity index (χ2v) is 11.6. The van der Waals surface area contributed by atoms with Crippen LogP contribution < -0.4 is 10.2 Å². The van der Waals surface area contributed by atoms with E-state index in [9.17, 15) is 13.2 Å². The van der Waals surface area contributed by atoms with Gasteiger partial charge in [-0.3, -0.25) is 14.9 Å². The molecule has 5 rings (SSSR count). The van der Waals surface area contributed by atoms with Gasteiger partial charge in [0.1, 0.15) is 0 Å². The quantitative estimate of drug-likeness (QED) is 0.135. The predicted molar refractivity (Wildman–Crippen MR) is 152 cm³/mol. The predicted octanol–water partition coefficient (Wildman–Crippen LogP) is 4.33. The maximum Gasteiger partial charge on any atom is 0.267 e. The molecule has 0 aliphatic heterocycles. The Balaban J connectivity index is 1.43. The highest BCUT2D eigenvalue weighted by molar-refractivity contribution is 7.89. The summed E-state index contributed by atoms with van der Waals surface area (Å²) < 4.78 is 27.3. The van der Waals surface area contributed by atoms with Crippen LogP contribution >= 0.6 is 0 Å². The van der Waals surface area contributed by atoms with Gasteiger partial charge >= 0.3 is 0 Å². The zero-order valence-corrected chi connectivity index (χ0v) is 22.5. The molecule has 0 saturated heterocycles. The number of aromatic nitrogens is 1. The van der Waals surface area contributed by atoms with Crippen LogP contribution in [0.2, 0.25) is 0 Å². The number of nitrogens with zero attached hydrogens (tertiary/aromatic N) is 1. The van der Waals surface area contributed by atoms with Crippen molar-refractivity contribution in [1.29, 1.82) is 0 Å². The Kier molecular flexibility index (Phi) is 7.94. The third-order valence-electron chi connectivity index (χ3n) is 7.40. The minimum atomic E-state index is -3.54. The number of aryl methyl sites for hydroxylation is 1. The molecule has 1 aliphatic rings. The van der Waals surface area contributed by atoms with Gasteiger partial charge in [-0.15, -0.1) is 0 Å². The SMILES string of the molecule is CNS(=O)(=O)c1cccc(CN(CCc2c[nH]c3ccccc23)C2CCc3cc(C=CC(=O)NO)ccc32)c1. The summed E-state index contributed by atoms with van der Waals surface area (Å²) >= 11 is 0. The molecule has 3 aromatic carbocycles. The Morgan fingerprint density at radius 1 is 1.13 bits per heavy atom. The van der Waals surface area contributed by atoms with Gasteiger partial charge in [0.25, 0.3) is 5.91 Å². The Bertz CT molecular complexity index is 1630. The van der Waals surface area contributed by atoms with Gasteiger partial charge in [0.05, 0.1) is 4.90 Å². The highest BCUT2D eigenvalue weighted by Gasteiger charge is 2.28. The number of carbonyl (C=O) groups excluding carboxylic acids is 1. The van der Waals surface area contributed by atoms with E-state index in [4.69, 9.17) is 5.21 Å². The highest BCUT2D eigenvalue weighted by atomic mass is 32.2. The number of benzene rings is 3. The molecule has 1 heterocycles. The molecule has 0 saturated carbocycles. The van der Waals surface area contributed by atoms with Crippen LogP contribution in [0.15, 0.2) is 83.9 Å². The molecule has 1 aromatic heterocycles. The lowest BCUT2D eigenvalue weighted by molar-refractivity contribution is -0.124. The molecule has 202 valence electrons.